The molecule has 1 saturated heterocycles. The summed E-state index contributed by atoms with van der Waals surface area (Å²) in [7, 11) is 0. The van der Waals surface area contributed by atoms with Gasteiger partial charge in [0.25, 0.3) is 0 Å². The molecule has 2 nitrogen and oxygen atoms in total. The van der Waals surface area contributed by atoms with E-state index >= 15 is 0 Å². The molecule has 13 heavy (non-hydrogen) atoms. The summed E-state index contributed by atoms with van der Waals surface area (Å²) < 4.78 is 5.41. The first-order chi connectivity index (χ1) is 6.36. The van der Waals surface area contributed by atoms with Gasteiger partial charge in [0.15, 0.2) is 0 Å². The van der Waals surface area contributed by atoms with Crippen molar-refractivity contribution >= 4 is 0 Å². The van der Waals surface area contributed by atoms with Gasteiger partial charge in [0.1, 0.15) is 0 Å². The number of hydrogen-bond acceptors (Lipinski definition) is 2. The number of hydrogen-bond donors (Lipinski definition) is 1. The van der Waals surface area contributed by atoms with Crippen LogP contribution in [0, 0.1) is 6.92 Å². The van der Waals surface area contributed by atoms with Crippen molar-refractivity contribution in [2.75, 3.05) is 19.8 Å². The Balaban J connectivity index is 2.14. The molecule has 2 heteroatoms. The van der Waals surface area contributed by atoms with E-state index in [4.69, 9.17) is 4.74 Å². The first-order valence-electron chi connectivity index (χ1n) is 4.74. The summed E-state index contributed by atoms with van der Waals surface area (Å²) in [5.74, 6) is 0. The second-order valence-corrected chi connectivity index (χ2v) is 3.50. The Morgan fingerprint density at radius 3 is 3.08 bits per heavy atom. The van der Waals surface area contributed by atoms with E-state index in [1.807, 2.05) is 0 Å². The topological polar surface area (TPSA) is 21.3 Å². The summed E-state index contributed by atoms with van der Waals surface area (Å²) >= 11 is 0. The highest BCUT2D eigenvalue weighted by Crippen LogP contribution is 2.16. The lowest BCUT2D eigenvalue weighted by Crippen LogP contribution is -2.34. The molecule has 0 saturated carbocycles. The summed E-state index contributed by atoms with van der Waals surface area (Å²) in [5.41, 5.74) is 2.64. The Morgan fingerprint density at radius 1 is 1.46 bits per heavy atom. The lowest BCUT2D eigenvalue weighted by atomic mass is 10.0. The minimum Gasteiger partial charge on any atom is -0.378 e. The molecule has 1 heterocycles. The number of morpholine rings is 1. The molecule has 0 radical (unpaired) electrons. The van der Waals surface area contributed by atoms with E-state index in [2.05, 4.69) is 36.5 Å². The van der Waals surface area contributed by atoms with Crippen LogP contribution >= 0.6 is 0 Å². The molecule has 1 N–H and O–H groups in total. The van der Waals surface area contributed by atoms with Gasteiger partial charge in [-0.15, -0.1) is 0 Å². The molecule has 1 aromatic carbocycles. The van der Waals surface area contributed by atoms with Gasteiger partial charge in [0.05, 0.1) is 19.3 Å². The highest BCUT2D eigenvalue weighted by Gasteiger charge is 2.14. The maximum atomic E-state index is 5.41. The third kappa shape index (κ3) is 2.08. The van der Waals surface area contributed by atoms with E-state index < -0.39 is 0 Å². The van der Waals surface area contributed by atoms with Gasteiger partial charge in [0, 0.05) is 6.54 Å². The Hall–Kier alpha value is -0.860. The lowest BCUT2D eigenvalue weighted by Gasteiger charge is -2.24. The quantitative estimate of drug-likeness (QED) is 0.704. The van der Waals surface area contributed by atoms with Crippen LogP contribution in [0.2, 0.25) is 0 Å². The van der Waals surface area contributed by atoms with Crippen LogP contribution in [0.4, 0.5) is 0 Å². The Kier molecular flexibility index (Phi) is 2.62. The van der Waals surface area contributed by atoms with Crippen molar-refractivity contribution in [3.63, 3.8) is 0 Å². The predicted molar refractivity (Wildman–Crippen MR) is 52.7 cm³/mol. The van der Waals surface area contributed by atoms with Gasteiger partial charge in [-0.05, 0) is 12.5 Å². The van der Waals surface area contributed by atoms with E-state index in [-0.39, 0.29) is 0 Å². The van der Waals surface area contributed by atoms with E-state index in [0.29, 0.717) is 6.04 Å². The smallest absolute Gasteiger partial charge is 0.0662 e. The fraction of sp³-hybridized carbons (Fsp3) is 0.455. The largest absolute Gasteiger partial charge is 0.378 e. The van der Waals surface area contributed by atoms with Crippen LogP contribution in [0.25, 0.3) is 0 Å². The molecule has 1 aliphatic heterocycles. The minimum absolute atomic E-state index is 0.383. The average Bonchev–Trinajstić information content (AvgIpc) is 2.19. The Morgan fingerprint density at radius 2 is 2.38 bits per heavy atom. The van der Waals surface area contributed by atoms with Gasteiger partial charge in [0.2, 0.25) is 0 Å². The maximum Gasteiger partial charge on any atom is 0.0662 e. The maximum absolute atomic E-state index is 5.41. The standard InChI is InChI=1S/C11H15NO/c1-9-3-2-4-10(7-9)11-8-13-6-5-12-11/h2-4,7,11-12H,5-6,8H2,1H3/t11-/m1/s1. The molecule has 1 atom stereocenters. The first kappa shape index (κ1) is 8.73. The molecule has 70 valence electrons. The predicted octanol–water partition coefficient (Wildman–Crippen LogP) is 1.66. The molecule has 1 aromatic rings. The van der Waals surface area contributed by atoms with Crippen LogP contribution < -0.4 is 5.32 Å². The molecular weight excluding hydrogens is 162 g/mol. The number of aryl methyl sites for hydroxylation is 1. The minimum atomic E-state index is 0.383. The van der Waals surface area contributed by atoms with Crippen LogP contribution in [-0.4, -0.2) is 19.8 Å². The Labute approximate surface area is 78.9 Å². The van der Waals surface area contributed by atoms with E-state index in [0.717, 1.165) is 19.8 Å². The van der Waals surface area contributed by atoms with Crippen molar-refractivity contribution in [1.82, 2.24) is 5.32 Å². The fourth-order valence-corrected chi connectivity index (χ4v) is 1.67. The first-order valence-corrected chi connectivity index (χ1v) is 4.74. The van der Waals surface area contributed by atoms with Crippen LogP contribution in [0.15, 0.2) is 24.3 Å². The molecule has 0 spiro atoms. The molecule has 0 aliphatic carbocycles. The molecular formula is C11H15NO. The van der Waals surface area contributed by atoms with Gasteiger partial charge in [-0.25, -0.2) is 0 Å². The normalized spacial score (nSPS) is 23.0. The summed E-state index contributed by atoms with van der Waals surface area (Å²) in [6.45, 7) is 4.71. The number of ether oxygens (including phenoxy) is 1. The molecule has 0 aromatic heterocycles. The van der Waals surface area contributed by atoms with Gasteiger partial charge >= 0.3 is 0 Å². The zero-order valence-corrected chi connectivity index (χ0v) is 7.92. The summed E-state index contributed by atoms with van der Waals surface area (Å²) in [6, 6.07) is 8.97. The van der Waals surface area contributed by atoms with Crippen molar-refractivity contribution in [2.24, 2.45) is 0 Å². The molecule has 0 unspecified atom stereocenters. The third-order valence-corrected chi connectivity index (χ3v) is 2.37. The zero-order chi connectivity index (χ0) is 9.10. The van der Waals surface area contributed by atoms with Crippen molar-refractivity contribution < 1.29 is 4.74 Å². The van der Waals surface area contributed by atoms with E-state index in [1.54, 1.807) is 0 Å². The van der Waals surface area contributed by atoms with Gasteiger partial charge < -0.3 is 10.1 Å². The molecule has 0 bridgehead atoms. The second kappa shape index (κ2) is 3.90. The van der Waals surface area contributed by atoms with Gasteiger partial charge in [-0.2, -0.15) is 0 Å². The monoisotopic (exact) mass is 177 g/mol. The highest BCUT2D eigenvalue weighted by molar-refractivity contribution is 5.25. The van der Waals surface area contributed by atoms with Gasteiger partial charge in [-0.1, -0.05) is 29.8 Å². The summed E-state index contributed by atoms with van der Waals surface area (Å²) in [5, 5.41) is 3.44. The van der Waals surface area contributed by atoms with Crippen LogP contribution in [0.5, 0.6) is 0 Å². The van der Waals surface area contributed by atoms with E-state index in [1.165, 1.54) is 11.1 Å². The van der Waals surface area contributed by atoms with Crippen LogP contribution in [-0.2, 0) is 4.74 Å². The van der Waals surface area contributed by atoms with Crippen molar-refractivity contribution in [3.05, 3.63) is 35.4 Å². The van der Waals surface area contributed by atoms with Crippen molar-refractivity contribution in [3.8, 4) is 0 Å². The lowest BCUT2D eigenvalue weighted by molar-refractivity contribution is 0.0769. The molecule has 1 fully saturated rings. The molecule has 0 amide bonds. The molecule has 1 aliphatic rings. The summed E-state index contributed by atoms with van der Waals surface area (Å²) in [4.78, 5) is 0. The third-order valence-electron chi connectivity index (χ3n) is 2.37. The zero-order valence-electron chi connectivity index (χ0n) is 7.92. The summed E-state index contributed by atoms with van der Waals surface area (Å²) in [6.07, 6.45) is 0. The van der Waals surface area contributed by atoms with Crippen LogP contribution in [0.1, 0.15) is 17.2 Å². The van der Waals surface area contributed by atoms with Gasteiger partial charge in [-0.3, -0.25) is 0 Å². The number of rotatable bonds is 1. The highest BCUT2D eigenvalue weighted by atomic mass is 16.5. The fourth-order valence-electron chi connectivity index (χ4n) is 1.67. The van der Waals surface area contributed by atoms with Crippen molar-refractivity contribution in [2.45, 2.75) is 13.0 Å². The van der Waals surface area contributed by atoms with Crippen molar-refractivity contribution in [1.29, 1.82) is 0 Å². The molecule has 2 rings (SSSR count). The number of nitrogens with one attached hydrogen (secondary N) is 1. The number of benzene rings is 1. The second-order valence-electron chi connectivity index (χ2n) is 3.50. The van der Waals surface area contributed by atoms with Crippen LogP contribution in [0.3, 0.4) is 0 Å². The van der Waals surface area contributed by atoms with E-state index in [9.17, 15) is 0 Å². The average molecular weight is 177 g/mol. The Bertz CT molecular complexity index is 279. The SMILES string of the molecule is Cc1cccc([C@H]2COCCN2)c1.